The van der Waals surface area contributed by atoms with Crippen molar-refractivity contribution in [3.8, 4) is 0 Å². The predicted molar refractivity (Wildman–Crippen MR) is 61.7 cm³/mol. The summed E-state index contributed by atoms with van der Waals surface area (Å²) >= 11 is 0. The summed E-state index contributed by atoms with van der Waals surface area (Å²) in [5, 5.41) is 0. The van der Waals surface area contributed by atoms with Crippen LogP contribution in [0.3, 0.4) is 0 Å². The number of carbonyl (C=O) groups is 1. The van der Waals surface area contributed by atoms with Crippen LogP contribution in [0.15, 0.2) is 54.1 Å². The van der Waals surface area contributed by atoms with Crippen molar-refractivity contribution in [2.45, 2.75) is 18.8 Å². The van der Waals surface area contributed by atoms with Crippen LogP contribution in [-0.4, -0.2) is 6.29 Å². The summed E-state index contributed by atoms with van der Waals surface area (Å²) in [5.41, 5.74) is 2.58. The van der Waals surface area contributed by atoms with E-state index in [1.54, 1.807) is 0 Å². The highest BCUT2D eigenvalue weighted by molar-refractivity contribution is 5.54. The number of hydrogen-bond donors (Lipinski definition) is 0. The first-order valence-corrected chi connectivity index (χ1v) is 5.26. The van der Waals surface area contributed by atoms with Gasteiger partial charge in [0.05, 0.1) is 0 Å². The van der Waals surface area contributed by atoms with E-state index in [0.29, 0.717) is 6.42 Å². The highest BCUT2D eigenvalue weighted by Crippen LogP contribution is 2.31. The quantitative estimate of drug-likeness (QED) is 0.679. The minimum absolute atomic E-state index is 0.263. The lowest BCUT2D eigenvalue weighted by Crippen LogP contribution is -2.02. The van der Waals surface area contributed by atoms with Crippen LogP contribution in [0.25, 0.3) is 0 Å². The van der Waals surface area contributed by atoms with Gasteiger partial charge in [-0.15, -0.1) is 0 Å². The maximum atomic E-state index is 10.7. The van der Waals surface area contributed by atoms with Gasteiger partial charge in [0.1, 0.15) is 6.29 Å². The topological polar surface area (TPSA) is 17.1 Å². The molecule has 0 fully saturated rings. The number of allylic oxidation sites excluding steroid dienone is 4. The van der Waals surface area contributed by atoms with E-state index < -0.39 is 0 Å². The van der Waals surface area contributed by atoms with Crippen molar-refractivity contribution < 1.29 is 4.79 Å². The lowest BCUT2D eigenvalue weighted by atomic mass is 9.88. The Morgan fingerprint density at radius 3 is 2.67 bits per heavy atom. The van der Waals surface area contributed by atoms with Crippen molar-refractivity contribution in [2.75, 3.05) is 0 Å². The van der Waals surface area contributed by atoms with Crippen molar-refractivity contribution >= 4 is 6.29 Å². The molecule has 2 rings (SSSR count). The highest BCUT2D eigenvalue weighted by atomic mass is 16.1. The van der Waals surface area contributed by atoms with E-state index in [1.165, 1.54) is 11.1 Å². The smallest absolute Gasteiger partial charge is 0.120 e. The molecule has 0 aromatic heterocycles. The zero-order valence-corrected chi connectivity index (χ0v) is 8.60. The Labute approximate surface area is 90.1 Å². The molecule has 0 radical (unpaired) electrons. The molecule has 0 N–H and O–H groups in total. The highest BCUT2D eigenvalue weighted by Gasteiger charge is 2.16. The molecule has 1 nitrogen and oxygen atoms in total. The monoisotopic (exact) mass is 198 g/mol. The second kappa shape index (κ2) is 4.74. The molecule has 1 heteroatoms. The van der Waals surface area contributed by atoms with E-state index >= 15 is 0 Å². The van der Waals surface area contributed by atoms with Crippen LogP contribution in [0.5, 0.6) is 0 Å². The molecule has 1 aliphatic rings. The zero-order valence-electron chi connectivity index (χ0n) is 8.60. The molecule has 1 aromatic carbocycles. The second-order valence-electron chi connectivity index (χ2n) is 3.74. The van der Waals surface area contributed by atoms with Crippen LogP contribution in [0, 0.1) is 0 Å². The summed E-state index contributed by atoms with van der Waals surface area (Å²) in [6, 6.07) is 10.2. The van der Waals surface area contributed by atoms with Gasteiger partial charge in [0.2, 0.25) is 0 Å². The summed E-state index contributed by atoms with van der Waals surface area (Å²) in [4.78, 5) is 10.7. The van der Waals surface area contributed by atoms with Crippen molar-refractivity contribution in [1.82, 2.24) is 0 Å². The Kier molecular flexibility index (Phi) is 3.13. The fourth-order valence-corrected chi connectivity index (χ4v) is 2.01. The van der Waals surface area contributed by atoms with Crippen molar-refractivity contribution in [1.29, 1.82) is 0 Å². The average Bonchev–Trinajstić information content (AvgIpc) is 2.80. The molecule has 1 unspecified atom stereocenters. The van der Waals surface area contributed by atoms with Gasteiger partial charge in [-0.25, -0.2) is 0 Å². The summed E-state index contributed by atoms with van der Waals surface area (Å²) in [6.45, 7) is 0. The van der Waals surface area contributed by atoms with E-state index in [4.69, 9.17) is 0 Å². The van der Waals surface area contributed by atoms with E-state index in [1.807, 2.05) is 18.2 Å². The van der Waals surface area contributed by atoms with Gasteiger partial charge in [-0.2, -0.15) is 0 Å². The van der Waals surface area contributed by atoms with E-state index in [2.05, 4.69) is 30.4 Å². The van der Waals surface area contributed by atoms with Gasteiger partial charge in [-0.05, 0) is 12.0 Å². The van der Waals surface area contributed by atoms with Gasteiger partial charge < -0.3 is 4.79 Å². The van der Waals surface area contributed by atoms with Crippen molar-refractivity contribution in [3.63, 3.8) is 0 Å². The first-order valence-electron chi connectivity index (χ1n) is 5.26. The van der Waals surface area contributed by atoms with Gasteiger partial charge >= 0.3 is 0 Å². The Bertz CT molecular complexity index is 387. The van der Waals surface area contributed by atoms with E-state index in [-0.39, 0.29) is 5.92 Å². The standard InChI is InChI=1S/C14H14O/c15-11-10-14(13-8-4-5-9-13)12-6-2-1-3-7-12/h1-8,11,14H,9-10H2. The Balaban J connectivity index is 2.24. The number of rotatable bonds is 4. The minimum atomic E-state index is 0.263. The van der Waals surface area contributed by atoms with Gasteiger partial charge in [-0.1, -0.05) is 54.1 Å². The first kappa shape index (κ1) is 9.91. The molecule has 15 heavy (non-hydrogen) atoms. The number of aldehydes is 1. The molecule has 1 aliphatic carbocycles. The van der Waals surface area contributed by atoms with Crippen LogP contribution < -0.4 is 0 Å². The van der Waals surface area contributed by atoms with Crippen molar-refractivity contribution in [2.24, 2.45) is 0 Å². The summed E-state index contributed by atoms with van der Waals surface area (Å²) in [5.74, 6) is 0.263. The fraction of sp³-hybridized carbons (Fsp3) is 0.214. The maximum Gasteiger partial charge on any atom is 0.120 e. The van der Waals surface area contributed by atoms with E-state index in [9.17, 15) is 4.79 Å². The number of carbonyl (C=O) groups excluding carboxylic acids is 1. The Morgan fingerprint density at radius 2 is 2.07 bits per heavy atom. The SMILES string of the molecule is O=CCC(C1=CC=CC1)c1ccccc1. The Morgan fingerprint density at radius 1 is 1.27 bits per heavy atom. The van der Waals surface area contributed by atoms with Gasteiger partial charge in [-0.3, -0.25) is 0 Å². The first-order chi connectivity index (χ1) is 7.42. The average molecular weight is 198 g/mol. The maximum absolute atomic E-state index is 10.7. The van der Waals surface area contributed by atoms with E-state index in [0.717, 1.165) is 12.7 Å². The Hall–Kier alpha value is -1.63. The molecule has 0 bridgehead atoms. The molecule has 0 saturated carbocycles. The molecule has 76 valence electrons. The summed E-state index contributed by atoms with van der Waals surface area (Å²) < 4.78 is 0. The molecule has 0 spiro atoms. The largest absolute Gasteiger partial charge is 0.303 e. The van der Waals surface area contributed by atoms with Crippen LogP contribution in [0.2, 0.25) is 0 Å². The van der Waals surface area contributed by atoms with Crippen molar-refractivity contribution in [3.05, 3.63) is 59.7 Å². The fourth-order valence-electron chi connectivity index (χ4n) is 2.01. The van der Waals surface area contributed by atoms with Gasteiger partial charge in [0.25, 0.3) is 0 Å². The molecule has 0 amide bonds. The van der Waals surface area contributed by atoms with Crippen LogP contribution in [0.1, 0.15) is 24.3 Å². The lowest BCUT2D eigenvalue weighted by molar-refractivity contribution is -0.108. The van der Waals surface area contributed by atoms with Crippen LogP contribution in [0.4, 0.5) is 0 Å². The predicted octanol–water partition coefficient (Wildman–Crippen LogP) is 3.25. The third-order valence-electron chi connectivity index (χ3n) is 2.78. The molecule has 0 aliphatic heterocycles. The van der Waals surface area contributed by atoms with Gasteiger partial charge in [0.15, 0.2) is 0 Å². The third kappa shape index (κ3) is 2.24. The lowest BCUT2D eigenvalue weighted by Gasteiger charge is -2.16. The molecule has 1 aromatic rings. The molecule has 1 atom stereocenters. The number of benzene rings is 1. The normalized spacial score (nSPS) is 16.1. The summed E-state index contributed by atoms with van der Waals surface area (Å²) in [6.07, 6.45) is 8.90. The molecule has 0 heterocycles. The second-order valence-corrected chi connectivity index (χ2v) is 3.74. The molecular weight excluding hydrogens is 184 g/mol. The summed E-state index contributed by atoms with van der Waals surface area (Å²) in [7, 11) is 0. The zero-order chi connectivity index (χ0) is 10.5. The van der Waals surface area contributed by atoms with Crippen LogP contribution in [-0.2, 0) is 4.79 Å². The number of hydrogen-bond acceptors (Lipinski definition) is 1. The molecule has 0 saturated heterocycles. The third-order valence-corrected chi connectivity index (χ3v) is 2.78. The minimum Gasteiger partial charge on any atom is -0.303 e. The van der Waals surface area contributed by atoms with Crippen LogP contribution >= 0.6 is 0 Å². The molecular formula is C14H14O. The van der Waals surface area contributed by atoms with Gasteiger partial charge in [0, 0.05) is 12.3 Å².